The number of fused-ring (bicyclic) bond motifs is 3. The number of carbonyl (C=O) groups excluding carboxylic acids is 5. The van der Waals surface area contributed by atoms with Gasteiger partial charge in [0.05, 0.1) is 6.10 Å². The van der Waals surface area contributed by atoms with E-state index in [0.29, 0.717) is 0 Å². The maximum atomic E-state index is 13.0. The van der Waals surface area contributed by atoms with Gasteiger partial charge < -0.3 is 44.2 Å². The molecular weight excluding hydrogens is 632 g/mol. The molecule has 48 heavy (non-hydrogen) atoms. The fourth-order valence-electron chi connectivity index (χ4n) is 5.84. The fraction of sp³-hybridized carbons (Fsp3) is 0.455. The molecule has 0 radical (unpaired) electrons. The predicted molar refractivity (Wildman–Crippen MR) is 164 cm³/mol. The van der Waals surface area contributed by atoms with E-state index in [-0.39, 0.29) is 12.5 Å². The van der Waals surface area contributed by atoms with Crippen LogP contribution in [0.2, 0.25) is 0 Å². The van der Waals surface area contributed by atoms with Crippen molar-refractivity contribution in [2.24, 2.45) is 0 Å². The van der Waals surface area contributed by atoms with Gasteiger partial charge in [0.1, 0.15) is 25.4 Å². The minimum Gasteiger partial charge on any atom is -0.480 e. The van der Waals surface area contributed by atoms with Gasteiger partial charge in [-0.05, 0) is 29.2 Å². The lowest BCUT2D eigenvalue weighted by molar-refractivity contribution is -0.287. The summed E-state index contributed by atoms with van der Waals surface area (Å²) in [4.78, 5) is 73.2. The molecule has 2 amide bonds. The van der Waals surface area contributed by atoms with Crippen molar-refractivity contribution in [2.75, 3.05) is 13.2 Å². The minimum atomic E-state index is -1.69. The molecule has 4 rings (SSSR count). The van der Waals surface area contributed by atoms with Crippen LogP contribution in [0.4, 0.5) is 4.79 Å². The predicted octanol–water partition coefficient (Wildman–Crippen LogP) is 2.04. The molecule has 0 saturated carbocycles. The Morgan fingerprint density at radius 1 is 0.792 bits per heavy atom. The zero-order valence-electron chi connectivity index (χ0n) is 27.0. The lowest BCUT2D eigenvalue weighted by Crippen LogP contribution is -2.67. The highest BCUT2D eigenvalue weighted by molar-refractivity contribution is 5.81. The first-order valence-corrected chi connectivity index (χ1v) is 15.2. The van der Waals surface area contributed by atoms with E-state index in [9.17, 15) is 33.9 Å². The number of amides is 2. The van der Waals surface area contributed by atoms with Crippen LogP contribution in [0.1, 0.15) is 51.7 Å². The number of carboxylic acid groups (broad SMARTS) is 1. The van der Waals surface area contributed by atoms with Crippen LogP contribution in [-0.2, 0) is 52.4 Å². The lowest BCUT2D eigenvalue weighted by Gasteiger charge is -2.45. The van der Waals surface area contributed by atoms with Crippen molar-refractivity contribution in [2.45, 2.75) is 83.3 Å². The molecule has 1 fully saturated rings. The molecule has 0 spiro atoms. The molecular formula is C33H38N2O13. The van der Waals surface area contributed by atoms with E-state index in [1.165, 1.54) is 6.92 Å². The van der Waals surface area contributed by atoms with Gasteiger partial charge in [-0.2, -0.15) is 0 Å². The summed E-state index contributed by atoms with van der Waals surface area (Å²) in [7, 11) is 0. The number of hydrogen-bond donors (Lipinski definition) is 3. The Morgan fingerprint density at radius 2 is 1.35 bits per heavy atom. The molecule has 2 aromatic carbocycles. The summed E-state index contributed by atoms with van der Waals surface area (Å²) >= 11 is 0. The number of aliphatic carboxylic acids is 1. The molecule has 258 valence electrons. The topological polar surface area (TPSA) is 202 Å². The monoisotopic (exact) mass is 670 g/mol. The Kier molecular flexibility index (Phi) is 11.7. The van der Waals surface area contributed by atoms with Crippen LogP contribution in [0.5, 0.6) is 0 Å². The van der Waals surface area contributed by atoms with E-state index >= 15 is 0 Å². The van der Waals surface area contributed by atoms with Gasteiger partial charge >= 0.3 is 30.0 Å². The van der Waals surface area contributed by atoms with E-state index in [2.05, 4.69) is 10.6 Å². The fourth-order valence-corrected chi connectivity index (χ4v) is 5.84. The highest BCUT2D eigenvalue weighted by atomic mass is 16.7. The Hall–Kier alpha value is -5.02. The van der Waals surface area contributed by atoms with Gasteiger partial charge in [0, 0.05) is 33.6 Å². The number of ether oxygens (including phenoxy) is 6. The van der Waals surface area contributed by atoms with Crippen LogP contribution in [-0.4, -0.2) is 97.0 Å². The second-order valence-corrected chi connectivity index (χ2v) is 11.3. The van der Waals surface area contributed by atoms with E-state index in [0.717, 1.165) is 49.9 Å². The zero-order valence-corrected chi connectivity index (χ0v) is 27.0. The van der Waals surface area contributed by atoms with Crippen molar-refractivity contribution in [3.05, 3.63) is 59.7 Å². The number of carboxylic acids is 1. The highest BCUT2D eigenvalue weighted by Crippen LogP contribution is 2.44. The average molecular weight is 671 g/mol. The van der Waals surface area contributed by atoms with Gasteiger partial charge in [0.25, 0.3) is 0 Å². The zero-order chi connectivity index (χ0) is 35.1. The summed E-state index contributed by atoms with van der Waals surface area (Å²) in [6, 6.07) is 12.4. The normalized spacial score (nSPS) is 22.6. The van der Waals surface area contributed by atoms with Crippen LogP contribution < -0.4 is 10.6 Å². The van der Waals surface area contributed by atoms with Gasteiger partial charge in [-0.25, -0.2) is 9.59 Å². The van der Waals surface area contributed by atoms with Gasteiger partial charge in [-0.15, -0.1) is 0 Å². The van der Waals surface area contributed by atoms with Crippen molar-refractivity contribution in [3.63, 3.8) is 0 Å². The first-order valence-electron chi connectivity index (χ1n) is 15.2. The molecule has 7 atom stereocenters. The molecule has 15 nitrogen and oxygen atoms in total. The van der Waals surface area contributed by atoms with Crippen molar-refractivity contribution in [1.82, 2.24) is 10.6 Å². The van der Waals surface area contributed by atoms with Crippen molar-refractivity contribution < 1.29 is 62.3 Å². The summed E-state index contributed by atoms with van der Waals surface area (Å²) in [5, 5.41) is 14.9. The Bertz CT molecular complexity index is 1500. The maximum absolute atomic E-state index is 13.0. The second kappa shape index (κ2) is 15.7. The quantitative estimate of drug-likeness (QED) is 0.219. The van der Waals surface area contributed by atoms with E-state index in [1.54, 1.807) is 0 Å². The third kappa shape index (κ3) is 8.66. The van der Waals surface area contributed by atoms with E-state index < -0.39 is 85.3 Å². The molecule has 2 aliphatic rings. The number of rotatable bonds is 12. The molecule has 2 aromatic rings. The third-order valence-electron chi connectivity index (χ3n) is 7.77. The number of nitrogens with one attached hydrogen (secondary N) is 2. The van der Waals surface area contributed by atoms with Crippen molar-refractivity contribution >= 4 is 35.9 Å². The number of esters is 3. The molecule has 1 aliphatic carbocycles. The van der Waals surface area contributed by atoms with E-state index in [4.69, 9.17) is 28.4 Å². The number of hydrogen-bond acceptors (Lipinski definition) is 12. The van der Waals surface area contributed by atoms with Gasteiger partial charge in [0.15, 0.2) is 24.5 Å². The van der Waals surface area contributed by atoms with Crippen molar-refractivity contribution in [1.29, 1.82) is 0 Å². The lowest BCUT2D eigenvalue weighted by atomic mass is 9.95. The standard InChI is InChI=1S/C33H38N2O13/c1-16(27(31(40)41)35-33(42)44-14-25-23-12-8-6-10-21(23)22-11-7-9-13-24(22)25)45-32-28(34-17(2)36)30(47-20(5)39)29(46-19(4)38)26(48-32)15-43-18(3)37/h6-13,16,25-30,32H,14-15H2,1-5H3,(H,34,36)(H,35,42)(H,40,41)/t16-,26+,27-,28+,29-,30+,32-/m1/s1. The van der Waals surface area contributed by atoms with Crippen LogP contribution in [0.25, 0.3) is 11.1 Å². The average Bonchev–Trinajstić information content (AvgIpc) is 3.33. The summed E-state index contributed by atoms with van der Waals surface area (Å²) < 4.78 is 33.2. The van der Waals surface area contributed by atoms with Gasteiger partial charge in [-0.1, -0.05) is 48.5 Å². The summed E-state index contributed by atoms with van der Waals surface area (Å²) in [6.07, 6.45) is -7.98. The minimum absolute atomic E-state index is 0.0722. The number of benzene rings is 2. The first kappa shape index (κ1) is 35.8. The van der Waals surface area contributed by atoms with Gasteiger partial charge in [-0.3, -0.25) is 19.2 Å². The Balaban J connectivity index is 1.52. The van der Waals surface area contributed by atoms with Crippen LogP contribution in [0.3, 0.4) is 0 Å². The molecule has 3 N–H and O–H groups in total. The van der Waals surface area contributed by atoms with Crippen LogP contribution in [0, 0.1) is 0 Å². The maximum Gasteiger partial charge on any atom is 0.407 e. The molecule has 1 saturated heterocycles. The molecule has 0 unspecified atom stereocenters. The SMILES string of the molecule is CC(=O)N[C@@H]1[C@H](O[C@H](C)[C@@H](NC(=O)OCC2c3ccccc3-c3ccccc32)C(=O)O)O[C@@H](COC(C)=O)[C@@H](OC(C)=O)[C@H]1OC(C)=O. The van der Waals surface area contributed by atoms with Crippen molar-refractivity contribution in [3.8, 4) is 11.1 Å². The highest BCUT2D eigenvalue weighted by Gasteiger charge is 2.52. The number of carbonyl (C=O) groups is 6. The molecule has 0 bridgehead atoms. The largest absolute Gasteiger partial charge is 0.480 e. The van der Waals surface area contributed by atoms with Crippen LogP contribution in [0.15, 0.2) is 48.5 Å². The summed E-state index contributed by atoms with van der Waals surface area (Å²) in [6.45, 7) is 5.26. The summed E-state index contributed by atoms with van der Waals surface area (Å²) in [5.74, 6) is -4.67. The van der Waals surface area contributed by atoms with E-state index in [1.807, 2.05) is 48.5 Å². The molecule has 1 aliphatic heterocycles. The Morgan fingerprint density at radius 3 is 1.88 bits per heavy atom. The molecule has 0 aromatic heterocycles. The first-order chi connectivity index (χ1) is 22.8. The second-order valence-electron chi connectivity index (χ2n) is 11.3. The molecule has 15 heteroatoms. The Labute approximate surface area is 276 Å². The van der Waals surface area contributed by atoms with Crippen LogP contribution >= 0.6 is 0 Å². The third-order valence-corrected chi connectivity index (χ3v) is 7.77. The number of alkyl carbamates (subject to hydrolysis) is 1. The molecule has 1 heterocycles. The summed E-state index contributed by atoms with van der Waals surface area (Å²) in [5.41, 5.74) is 3.97. The smallest absolute Gasteiger partial charge is 0.407 e. The van der Waals surface area contributed by atoms with Gasteiger partial charge in [0.2, 0.25) is 5.91 Å².